The molecule has 118 valence electrons. The molecule has 1 aromatic heterocycles. The van der Waals surface area contributed by atoms with Crippen molar-refractivity contribution in [1.82, 2.24) is 4.98 Å². The lowest BCUT2D eigenvalue weighted by Crippen LogP contribution is -2.39. The summed E-state index contributed by atoms with van der Waals surface area (Å²) in [6, 6.07) is 11.8. The number of carbonyl (C=O) groups is 1. The van der Waals surface area contributed by atoms with Gasteiger partial charge in [-0.3, -0.25) is 4.79 Å². The number of benzene rings is 1. The van der Waals surface area contributed by atoms with Gasteiger partial charge in [0.05, 0.1) is 18.8 Å². The Kier molecular flexibility index (Phi) is 3.71. The van der Waals surface area contributed by atoms with E-state index in [1.165, 1.54) is 5.56 Å². The van der Waals surface area contributed by atoms with Crippen molar-refractivity contribution in [1.29, 1.82) is 0 Å². The molecule has 4 rings (SSSR count). The van der Waals surface area contributed by atoms with E-state index in [2.05, 4.69) is 16.0 Å². The van der Waals surface area contributed by atoms with E-state index in [0.717, 1.165) is 37.6 Å². The zero-order valence-electron chi connectivity index (χ0n) is 12.9. The van der Waals surface area contributed by atoms with E-state index in [-0.39, 0.29) is 5.91 Å². The van der Waals surface area contributed by atoms with E-state index in [0.29, 0.717) is 18.8 Å². The number of amides is 1. The molecule has 1 fully saturated rings. The number of pyridine rings is 1. The summed E-state index contributed by atoms with van der Waals surface area (Å²) in [5.74, 6) is 0.801. The van der Waals surface area contributed by atoms with Gasteiger partial charge in [0, 0.05) is 31.5 Å². The Balaban J connectivity index is 1.67. The van der Waals surface area contributed by atoms with Crippen LogP contribution in [0.1, 0.15) is 15.9 Å². The van der Waals surface area contributed by atoms with Crippen LogP contribution in [0.5, 0.6) is 0 Å². The number of carbonyl (C=O) groups excluding carboxylic acids is 1. The predicted molar refractivity (Wildman–Crippen MR) is 89.1 cm³/mol. The number of nitrogens with zero attached hydrogens (tertiary/aromatic N) is 3. The summed E-state index contributed by atoms with van der Waals surface area (Å²) in [6.45, 7) is 3.63. The first kappa shape index (κ1) is 14.2. The minimum atomic E-state index is 0.0320. The molecule has 23 heavy (non-hydrogen) atoms. The van der Waals surface area contributed by atoms with Crippen molar-refractivity contribution in [2.45, 2.75) is 6.42 Å². The molecule has 0 unspecified atom stereocenters. The number of aromatic nitrogens is 1. The van der Waals surface area contributed by atoms with Gasteiger partial charge in [-0.05, 0) is 30.2 Å². The molecule has 0 atom stereocenters. The van der Waals surface area contributed by atoms with E-state index in [4.69, 9.17) is 4.74 Å². The minimum absolute atomic E-state index is 0.0320. The van der Waals surface area contributed by atoms with Gasteiger partial charge in [0.25, 0.3) is 5.91 Å². The van der Waals surface area contributed by atoms with Crippen molar-refractivity contribution in [2.75, 3.05) is 42.6 Å². The van der Waals surface area contributed by atoms with Crippen LogP contribution in [0.25, 0.3) is 0 Å². The fourth-order valence-electron chi connectivity index (χ4n) is 3.29. The van der Waals surface area contributed by atoms with Gasteiger partial charge in [0.2, 0.25) is 0 Å². The Labute approximate surface area is 135 Å². The first-order chi connectivity index (χ1) is 11.3. The Hall–Kier alpha value is -2.40. The highest BCUT2D eigenvalue weighted by Gasteiger charge is 2.28. The Morgan fingerprint density at radius 3 is 2.74 bits per heavy atom. The van der Waals surface area contributed by atoms with Crippen LogP contribution < -0.4 is 9.80 Å². The van der Waals surface area contributed by atoms with E-state index in [9.17, 15) is 4.79 Å². The highest BCUT2D eigenvalue weighted by atomic mass is 16.5. The average molecular weight is 309 g/mol. The number of rotatable bonds is 2. The van der Waals surface area contributed by atoms with Gasteiger partial charge in [-0.2, -0.15) is 0 Å². The predicted octanol–water partition coefficient (Wildman–Crippen LogP) is 2.12. The van der Waals surface area contributed by atoms with Crippen molar-refractivity contribution >= 4 is 17.4 Å². The zero-order valence-corrected chi connectivity index (χ0v) is 12.9. The van der Waals surface area contributed by atoms with E-state index in [1.807, 2.05) is 35.2 Å². The third-order valence-corrected chi connectivity index (χ3v) is 4.46. The van der Waals surface area contributed by atoms with Gasteiger partial charge in [-0.1, -0.05) is 18.2 Å². The lowest BCUT2D eigenvalue weighted by molar-refractivity contribution is 0.0987. The number of morpholine rings is 1. The molecule has 0 aliphatic carbocycles. The van der Waals surface area contributed by atoms with Crippen molar-refractivity contribution in [3.05, 3.63) is 53.7 Å². The topological polar surface area (TPSA) is 45.7 Å². The molecular formula is C18H19N3O2. The number of hydrogen-bond donors (Lipinski definition) is 0. The van der Waals surface area contributed by atoms with Gasteiger partial charge in [0.1, 0.15) is 5.82 Å². The summed E-state index contributed by atoms with van der Waals surface area (Å²) in [5, 5.41) is 0. The van der Waals surface area contributed by atoms with Crippen LogP contribution in [0.2, 0.25) is 0 Å². The number of para-hydroxylation sites is 1. The maximum absolute atomic E-state index is 13.1. The standard InChI is InChI=1S/C18H19N3O2/c22-18(21-9-7-14-4-1-2-6-16(14)21)15-5-3-8-19-17(15)20-10-12-23-13-11-20/h1-6,8H,7,9-13H2. The highest BCUT2D eigenvalue weighted by Crippen LogP contribution is 2.30. The summed E-state index contributed by atoms with van der Waals surface area (Å²) in [6.07, 6.45) is 2.66. The van der Waals surface area contributed by atoms with Gasteiger partial charge in [-0.25, -0.2) is 4.98 Å². The van der Waals surface area contributed by atoms with E-state index in [1.54, 1.807) is 6.20 Å². The molecule has 0 bridgehead atoms. The summed E-state index contributed by atoms with van der Waals surface area (Å²) in [4.78, 5) is 21.6. The first-order valence-electron chi connectivity index (χ1n) is 8.02. The fourth-order valence-corrected chi connectivity index (χ4v) is 3.29. The molecular weight excluding hydrogens is 290 g/mol. The molecule has 2 aliphatic heterocycles. The molecule has 0 radical (unpaired) electrons. The van der Waals surface area contributed by atoms with E-state index >= 15 is 0 Å². The molecule has 1 amide bonds. The van der Waals surface area contributed by atoms with Crippen LogP contribution in [0.4, 0.5) is 11.5 Å². The molecule has 5 nitrogen and oxygen atoms in total. The lowest BCUT2D eigenvalue weighted by atomic mass is 10.1. The third-order valence-electron chi connectivity index (χ3n) is 4.46. The number of ether oxygens (including phenoxy) is 1. The molecule has 2 aromatic rings. The van der Waals surface area contributed by atoms with Gasteiger partial charge in [-0.15, -0.1) is 0 Å². The molecule has 0 saturated carbocycles. The summed E-state index contributed by atoms with van der Waals surface area (Å²) in [5.41, 5.74) is 2.93. The van der Waals surface area contributed by atoms with Crippen molar-refractivity contribution in [3.63, 3.8) is 0 Å². The Morgan fingerprint density at radius 1 is 1.04 bits per heavy atom. The maximum Gasteiger partial charge on any atom is 0.262 e. The monoisotopic (exact) mass is 309 g/mol. The Bertz CT molecular complexity index is 726. The van der Waals surface area contributed by atoms with Crippen LogP contribution in [-0.4, -0.2) is 43.7 Å². The molecule has 3 heterocycles. The van der Waals surface area contributed by atoms with Crippen LogP contribution >= 0.6 is 0 Å². The minimum Gasteiger partial charge on any atom is -0.378 e. The van der Waals surface area contributed by atoms with Gasteiger partial charge >= 0.3 is 0 Å². The second-order valence-corrected chi connectivity index (χ2v) is 5.81. The SMILES string of the molecule is O=C(c1cccnc1N1CCOCC1)N1CCc2ccccc21. The highest BCUT2D eigenvalue weighted by molar-refractivity contribution is 6.10. The molecule has 0 spiro atoms. The van der Waals surface area contributed by atoms with Crippen LogP contribution in [0, 0.1) is 0 Å². The molecule has 1 aromatic carbocycles. The van der Waals surface area contributed by atoms with Crippen molar-refractivity contribution in [3.8, 4) is 0 Å². The smallest absolute Gasteiger partial charge is 0.262 e. The first-order valence-corrected chi connectivity index (χ1v) is 8.02. The number of fused-ring (bicyclic) bond motifs is 1. The maximum atomic E-state index is 13.1. The zero-order chi connectivity index (χ0) is 15.6. The lowest BCUT2D eigenvalue weighted by Gasteiger charge is -2.30. The normalized spacial score (nSPS) is 17.2. The van der Waals surface area contributed by atoms with Crippen LogP contribution in [-0.2, 0) is 11.2 Å². The fraction of sp³-hybridized carbons (Fsp3) is 0.333. The summed E-state index contributed by atoms with van der Waals surface area (Å²) >= 11 is 0. The van der Waals surface area contributed by atoms with Gasteiger partial charge < -0.3 is 14.5 Å². The molecule has 0 N–H and O–H groups in total. The quantitative estimate of drug-likeness (QED) is 0.852. The molecule has 2 aliphatic rings. The molecule has 5 heteroatoms. The largest absolute Gasteiger partial charge is 0.378 e. The summed E-state index contributed by atoms with van der Waals surface area (Å²) < 4.78 is 5.40. The third kappa shape index (κ3) is 2.57. The average Bonchev–Trinajstić information content (AvgIpc) is 3.06. The van der Waals surface area contributed by atoms with Crippen molar-refractivity contribution in [2.24, 2.45) is 0 Å². The van der Waals surface area contributed by atoms with Crippen LogP contribution in [0.3, 0.4) is 0 Å². The second kappa shape index (κ2) is 6.01. The number of anilines is 2. The van der Waals surface area contributed by atoms with Gasteiger partial charge in [0.15, 0.2) is 0 Å². The van der Waals surface area contributed by atoms with Crippen molar-refractivity contribution < 1.29 is 9.53 Å². The molecule has 1 saturated heterocycles. The van der Waals surface area contributed by atoms with E-state index < -0.39 is 0 Å². The Morgan fingerprint density at radius 2 is 1.87 bits per heavy atom. The second-order valence-electron chi connectivity index (χ2n) is 5.81. The summed E-state index contributed by atoms with van der Waals surface area (Å²) in [7, 11) is 0. The number of hydrogen-bond acceptors (Lipinski definition) is 4. The van der Waals surface area contributed by atoms with Crippen LogP contribution in [0.15, 0.2) is 42.6 Å².